The van der Waals surface area contributed by atoms with Crippen molar-refractivity contribution in [3.8, 4) is 11.3 Å². The highest BCUT2D eigenvalue weighted by Crippen LogP contribution is 2.40. The molecule has 4 heteroatoms. The van der Waals surface area contributed by atoms with Crippen molar-refractivity contribution in [1.29, 1.82) is 0 Å². The molecule has 5 rings (SSSR count). The third kappa shape index (κ3) is 3.05. The van der Waals surface area contributed by atoms with Crippen LogP contribution in [0.5, 0.6) is 0 Å². The van der Waals surface area contributed by atoms with E-state index in [0.717, 1.165) is 30.9 Å². The van der Waals surface area contributed by atoms with Gasteiger partial charge in [-0.3, -0.25) is 4.90 Å². The molecule has 0 aliphatic carbocycles. The summed E-state index contributed by atoms with van der Waals surface area (Å²) in [6.45, 7) is 5.40. The van der Waals surface area contributed by atoms with Crippen molar-refractivity contribution < 1.29 is 0 Å². The number of benzene rings is 2. The van der Waals surface area contributed by atoms with Gasteiger partial charge < -0.3 is 0 Å². The highest BCUT2D eigenvalue weighted by Gasteiger charge is 2.27. The fraction of sp³-hybridized carbons (Fsp3) is 0.217. The molecule has 1 unspecified atom stereocenters. The van der Waals surface area contributed by atoms with Gasteiger partial charge in [-0.05, 0) is 53.4 Å². The molecule has 0 spiro atoms. The first-order chi connectivity index (χ1) is 13.3. The van der Waals surface area contributed by atoms with E-state index >= 15 is 0 Å². The van der Waals surface area contributed by atoms with Gasteiger partial charge in [0.05, 0.1) is 5.69 Å². The second kappa shape index (κ2) is 6.87. The Morgan fingerprint density at radius 3 is 2.81 bits per heavy atom. The molecule has 1 aliphatic rings. The van der Waals surface area contributed by atoms with Crippen LogP contribution in [0.25, 0.3) is 21.3 Å². The van der Waals surface area contributed by atoms with E-state index in [1.165, 1.54) is 26.1 Å². The summed E-state index contributed by atoms with van der Waals surface area (Å²) in [4.78, 5) is 4.00. The quantitative estimate of drug-likeness (QED) is 0.488. The summed E-state index contributed by atoms with van der Waals surface area (Å²) in [6.07, 6.45) is 1.72. The van der Waals surface area contributed by atoms with E-state index in [2.05, 4.69) is 70.6 Å². The third-order valence-electron chi connectivity index (χ3n) is 5.46. The largest absolute Gasteiger partial charge is 0.298 e. The molecule has 1 atom stereocenters. The van der Waals surface area contributed by atoms with Gasteiger partial charge in [-0.15, -0.1) is 11.3 Å². The molecule has 3 nitrogen and oxygen atoms in total. The highest BCUT2D eigenvalue weighted by atomic mass is 32.1. The van der Waals surface area contributed by atoms with E-state index in [4.69, 9.17) is 0 Å². The Balaban J connectivity index is 1.60. The lowest BCUT2D eigenvalue weighted by Crippen LogP contribution is -2.33. The van der Waals surface area contributed by atoms with Crippen LogP contribution in [-0.4, -0.2) is 28.2 Å². The SMILES string of the molecule is CCN1Cc2cc(-c3cccnn3)ccc2C(c2cc3ccccc3s2)C1. The Labute approximate surface area is 163 Å². The minimum Gasteiger partial charge on any atom is -0.298 e. The lowest BCUT2D eigenvalue weighted by atomic mass is 9.87. The molecule has 0 saturated heterocycles. The van der Waals surface area contributed by atoms with Gasteiger partial charge in [0.15, 0.2) is 0 Å². The molecule has 1 aliphatic heterocycles. The number of thiophene rings is 1. The van der Waals surface area contributed by atoms with Gasteiger partial charge in [0, 0.05) is 40.3 Å². The molecule has 27 heavy (non-hydrogen) atoms. The molecule has 0 N–H and O–H groups in total. The maximum absolute atomic E-state index is 4.28. The lowest BCUT2D eigenvalue weighted by molar-refractivity contribution is 0.254. The van der Waals surface area contributed by atoms with Gasteiger partial charge in [0.1, 0.15) is 0 Å². The van der Waals surface area contributed by atoms with Crippen LogP contribution in [0.4, 0.5) is 0 Å². The Bertz CT molecular complexity index is 1050. The molecule has 0 fully saturated rings. The van der Waals surface area contributed by atoms with Crippen LogP contribution in [0.1, 0.15) is 28.8 Å². The first kappa shape index (κ1) is 16.6. The second-order valence-corrected chi connectivity index (χ2v) is 8.20. The number of rotatable bonds is 3. The maximum Gasteiger partial charge on any atom is 0.0929 e. The monoisotopic (exact) mass is 371 g/mol. The standard InChI is InChI=1S/C23H21N3S/c1-2-26-14-18-12-16(21-7-5-11-24-25-21)9-10-19(18)20(15-26)23-13-17-6-3-4-8-22(17)27-23/h3-13,20H,2,14-15H2,1H3. The molecule has 4 aromatic rings. The smallest absolute Gasteiger partial charge is 0.0929 e. The van der Waals surface area contributed by atoms with Gasteiger partial charge in [-0.2, -0.15) is 10.2 Å². The van der Waals surface area contributed by atoms with E-state index in [1.54, 1.807) is 6.20 Å². The fourth-order valence-corrected chi connectivity index (χ4v) is 5.19. The summed E-state index contributed by atoms with van der Waals surface area (Å²) in [7, 11) is 0. The molecule has 2 aromatic carbocycles. The lowest BCUT2D eigenvalue weighted by Gasteiger charge is -2.34. The maximum atomic E-state index is 4.28. The van der Waals surface area contributed by atoms with Crippen molar-refractivity contribution in [3.63, 3.8) is 0 Å². The van der Waals surface area contributed by atoms with E-state index in [1.807, 2.05) is 23.5 Å². The summed E-state index contributed by atoms with van der Waals surface area (Å²) >= 11 is 1.93. The van der Waals surface area contributed by atoms with Gasteiger partial charge >= 0.3 is 0 Å². The van der Waals surface area contributed by atoms with Crippen LogP contribution in [-0.2, 0) is 6.54 Å². The summed E-state index contributed by atoms with van der Waals surface area (Å²) in [5, 5.41) is 9.66. The Hall–Kier alpha value is -2.56. The topological polar surface area (TPSA) is 29.0 Å². The predicted molar refractivity (Wildman–Crippen MR) is 112 cm³/mol. The second-order valence-electron chi connectivity index (χ2n) is 7.09. The van der Waals surface area contributed by atoms with Crippen molar-refractivity contribution >= 4 is 21.4 Å². The normalized spacial score (nSPS) is 17.1. The van der Waals surface area contributed by atoms with Crippen LogP contribution >= 0.6 is 11.3 Å². The molecule has 3 heterocycles. The molecule has 0 radical (unpaired) electrons. The van der Waals surface area contributed by atoms with Crippen LogP contribution in [0, 0.1) is 0 Å². The Morgan fingerprint density at radius 1 is 1.07 bits per heavy atom. The van der Waals surface area contributed by atoms with E-state index in [0.29, 0.717) is 5.92 Å². The molecule has 0 bridgehead atoms. The summed E-state index contributed by atoms with van der Waals surface area (Å²) in [5.74, 6) is 0.432. The van der Waals surface area contributed by atoms with Crippen molar-refractivity contribution in [1.82, 2.24) is 15.1 Å². The number of nitrogens with zero attached hydrogens (tertiary/aromatic N) is 3. The first-order valence-electron chi connectivity index (χ1n) is 9.43. The van der Waals surface area contributed by atoms with Gasteiger partial charge in [0.2, 0.25) is 0 Å². The van der Waals surface area contributed by atoms with Crippen molar-refractivity contribution in [2.24, 2.45) is 0 Å². The van der Waals surface area contributed by atoms with Gasteiger partial charge in [-0.1, -0.05) is 37.3 Å². The number of likely N-dealkylation sites (N-methyl/N-ethyl adjacent to an activating group) is 1. The summed E-state index contributed by atoms with van der Waals surface area (Å²) in [6, 6.07) is 21.9. The van der Waals surface area contributed by atoms with Crippen LogP contribution in [0.2, 0.25) is 0 Å². The number of aromatic nitrogens is 2. The number of hydrogen-bond donors (Lipinski definition) is 0. The summed E-state index contributed by atoms with van der Waals surface area (Å²) in [5.41, 5.74) is 4.95. The first-order valence-corrected chi connectivity index (χ1v) is 10.2. The van der Waals surface area contributed by atoms with Crippen molar-refractivity contribution in [2.75, 3.05) is 13.1 Å². The van der Waals surface area contributed by atoms with E-state index < -0.39 is 0 Å². The minimum atomic E-state index is 0.432. The molecule has 134 valence electrons. The highest BCUT2D eigenvalue weighted by molar-refractivity contribution is 7.19. The van der Waals surface area contributed by atoms with Crippen LogP contribution in [0.15, 0.2) is 66.9 Å². The van der Waals surface area contributed by atoms with Crippen molar-refractivity contribution in [3.05, 3.63) is 82.9 Å². The molecular weight excluding hydrogens is 350 g/mol. The zero-order valence-electron chi connectivity index (χ0n) is 15.3. The van der Waals surface area contributed by atoms with Gasteiger partial charge in [0.25, 0.3) is 0 Å². The zero-order valence-corrected chi connectivity index (χ0v) is 16.1. The Kier molecular flexibility index (Phi) is 4.23. The number of hydrogen-bond acceptors (Lipinski definition) is 4. The molecule has 2 aromatic heterocycles. The minimum absolute atomic E-state index is 0.432. The molecular formula is C23H21N3S. The third-order valence-corrected chi connectivity index (χ3v) is 6.69. The molecule has 0 amide bonds. The van der Waals surface area contributed by atoms with Crippen molar-refractivity contribution in [2.45, 2.75) is 19.4 Å². The average Bonchev–Trinajstić information content (AvgIpc) is 3.17. The van der Waals surface area contributed by atoms with Gasteiger partial charge in [-0.25, -0.2) is 0 Å². The average molecular weight is 372 g/mol. The Morgan fingerprint density at radius 2 is 2.00 bits per heavy atom. The fourth-order valence-electron chi connectivity index (χ4n) is 4.02. The van der Waals surface area contributed by atoms with E-state index in [-0.39, 0.29) is 0 Å². The van der Waals surface area contributed by atoms with E-state index in [9.17, 15) is 0 Å². The van der Waals surface area contributed by atoms with Crippen LogP contribution in [0.3, 0.4) is 0 Å². The molecule has 0 saturated carbocycles. The van der Waals surface area contributed by atoms with Crippen LogP contribution < -0.4 is 0 Å². The summed E-state index contributed by atoms with van der Waals surface area (Å²) < 4.78 is 1.37. The zero-order chi connectivity index (χ0) is 18.2. The predicted octanol–water partition coefficient (Wildman–Crippen LogP) is 5.33. The number of fused-ring (bicyclic) bond motifs is 2.